The second-order valence-corrected chi connectivity index (χ2v) is 17.4. The molecule has 0 aliphatic carbocycles. The van der Waals surface area contributed by atoms with Crippen molar-refractivity contribution >= 4 is 12.4 Å². The van der Waals surface area contributed by atoms with Gasteiger partial charge in [0.2, 0.25) is 0 Å². The van der Waals surface area contributed by atoms with Crippen LogP contribution in [0, 0.1) is 0 Å². The average Bonchev–Trinajstić information content (AvgIpc) is 2.13. The van der Waals surface area contributed by atoms with E-state index < -0.39 is 18.6 Å². The van der Waals surface area contributed by atoms with Crippen molar-refractivity contribution in [3.8, 4) is 0 Å². The van der Waals surface area contributed by atoms with Gasteiger partial charge in [0.1, 0.15) is 0 Å². The monoisotopic (exact) mass is 468 g/mol. The minimum absolute atomic E-state index is 0. The molecule has 0 amide bonds. The summed E-state index contributed by atoms with van der Waals surface area (Å²) in [6.07, 6.45) is 0. The molecule has 0 saturated heterocycles. The van der Waals surface area contributed by atoms with Crippen LogP contribution in [0.2, 0.25) is 0 Å². The third-order valence-corrected chi connectivity index (χ3v) is 12.8. The van der Waals surface area contributed by atoms with Gasteiger partial charge in [-0.2, -0.15) is 0 Å². The quantitative estimate of drug-likeness (QED) is 0.398. The van der Waals surface area contributed by atoms with Gasteiger partial charge in [-0.15, -0.1) is 12.4 Å². The fraction of sp³-hybridized carbons (Fsp3) is 1.00. The van der Waals surface area contributed by atoms with E-state index in [1.807, 2.05) is 0 Å². The van der Waals surface area contributed by atoms with Crippen LogP contribution in [0.1, 0.15) is 125 Å². The summed E-state index contributed by atoms with van der Waals surface area (Å²) in [7, 11) is 0. The third-order valence-electron chi connectivity index (χ3n) is 4.62. The minimum Gasteiger partial charge on any atom is -0.147 e. The van der Waals surface area contributed by atoms with E-state index in [1.54, 1.807) is 0 Å². The van der Waals surface area contributed by atoms with Gasteiger partial charge in [-0.1, -0.05) is 0 Å². The van der Waals surface area contributed by atoms with E-state index in [1.165, 1.54) is 0 Å². The molecule has 5 heteroatoms. The first-order valence-electron chi connectivity index (χ1n) is 11.0. The summed E-state index contributed by atoms with van der Waals surface area (Å²) < 4.78 is 8.69. The van der Waals surface area contributed by atoms with Gasteiger partial charge < -0.3 is 0 Å². The van der Waals surface area contributed by atoms with E-state index in [4.69, 9.17) is 0 Å². The predicted octanol–water partition coefficient (Wildman–Crippen LogP) is 7.47. The Labute approximate surface area is 198 Å². The number of nitrogens with zero attached hydrogens (tertiary/aromatic N) is 3. The zero-order valence-corrected chi connectivity index (χ0v) is 25.6. The summed E-state index contributed by atoms with van der Waals surface area (Å²) in [4.78, 5) is 0. The molecule has 29 heavy (non-hydrogen) atoms. The Kier molecular flexibility index (Phi) is 10.4. The normalized spacial score (nSPS) is 15.2. The molecule has 177 valence electrons. The van der Waals surface area contributed by atoms with E-state index in [2.05, 4.69) is 135 Å². The molecule has 0 heterocycles. The molecular weight excluding hydrogens is 414 g/mol. The van der Waals surface area contributed by atoms with Crippen molar-refractivity contribution in [1.29, 1.82) is 0 Å². The number of hydrogen-bond donors (Lipinski definition) is 0. The molecule has 0 aromatic rings. The van der Waals surface area contributed by atoms with Crippen molar-refractivity contribution in [2.24, 2.45) is 0 Å². The van der Waals surface area contributed by atoms with Crippen LogP contribution in [-0.4, -0.2) is 43.4 Å². The molecule has 0 spiro atoms. The molecule has 0 rings (SSSR count). The first kappa shape index (κ1) is 32.1. The average molecular weight is 469 g/mol. The first-order valence-corrected chi connectivity index (χ1v) is 13.1. The Morgan fingerprint density at radius 2 is 0.414 bits per heavy atom. The van der Waals surface area contributed by atoms with Crippen molar-refractivity contribution in [2.75, 3.05) is 0 Å². The second kappa shape index (κ2) is 9.40. The molecule has 0 radical (unpaired) electrons. The molecule has 0 saturated carbocycles. The van der Waals surface area contributed by atoms with Crippen molar-refractivity contribution < 1.29 is 18.6 Å². The van der Waals surface area contributed by atoms with Crippen molar-refractivity contribution in [3.05, 3.63) is 0 Å². The first-order chi connectivity index (χ1) is 11.7. The van der Waals surface area contributed by atoms with Crippen LogP contribution in [0.15, 0.2) is 0 Å². The molecule has 0 fully saturated rings. The predicted molar refractivity (Wildman–Crippen MR) is 131 cm³/mol. The van der Waals surface area contributed by atoms with Crippen molar-refractivity contribution in [2.45, 2.75) is 158 Å². The molecule has 0 atom stereocenters. The number of rotatable bonds is 3. The summed E-state index contributed by atoms with van der Waals surface area (Å²) in [5, 5.41) is 0. The van der Waals surface area contributed by atoms with Gasteiger partial charge in [-0.3, -0.25) is 0 Å². The zero-order valence-electron chi connectivity index (χ0n) is 23.2. The van der Waals surface area contributed by atoms with Gasteiger partial charge in [0.05, 0.1) is 0 Å². The Morgan fingerprint density at radius 3 is 0.483 bits per heavy atom. The van der Waals surface area contributed by atoms with E-state index >= 15 is 0 Å². The van der Waals surface area contributed by atoms with Crippen molar-refractivity contribution in [1.82, 2.24) is 10.1 Å². The van der Waals surface area contributed by atoms with E-state index in [0.29, 0.717) is 0 Å². The SMILES string of the molecule is CC(C)(C)[N]([Ti]([N](C(C)(C)C)C(C)(C)C)[N](C(C)(C)C)C(C)(C)C)C(C)(C)C.Cl. The van der Waals surface area contributed by atoms with Crippen LogP contribution in [0.5, 0.6) is 0 Å². The maximum atomic E-state index is 2.90. The molecule has 0 unspecified atom stereocenters. The van der Waals surface area contributed by atoms with Crippen LogP contribution >= 0.6 is 12.4 Å². The van der Waals surface area contributed by atoms with Crippen LogP contribution in [-0.2, 0) is 18.6 Å². The summed E-state index contributed by atoms with van der Waals surface area (Å²) in [6, 6.07) is 0. The molecule has 3 nitrogen and oxygen atoms in total. The molecule has 0 bridgehead atoms. The summed E-state index contributed by atoms with van der Waals surface area (Å²) in [5.41, 5.74) is 0.483. The van der Waals surface area contributed by atoms with E-state index in [-0.39, 0.29) is 45.6 Å². The van der Waals surface area contributed by atoms with Gasteiger partial charge >= 0.3 is 187 Å². The molecule has 0 aromatic heterocycles. The molecule has 0 aliphatic heterocycles. The minimum atomic E-state index is -2.22. The summed E-state index contributed by atoms with van der Waals surface area (Å²) >= 11 is -2.22. The molecule has 0 N–H and O–H groups in total. The third kappa shape index (κ3) is 8.74. The molecule has 0 aliphatic rings. The smallest absolute Gasteiger partial charge is 0.147 e. The Hall–Kier alpha value is 0.884. The van der Waals surface area contributed by atoms with Gasteiger partial charge in [-0.25, -0.2) is 0 Å². The Bertz CT molecular complexity index is 387. The number of halogens is 1. The van der Waals surface area contributed by atoms with Gasteiger partial charge in [0.15, 0.2) is 0 Å². The Balaban J connectivity index is 0. The topological polar surface area (TPSA) is 9.72 Å². The fourth-order valence-electron chi connectivity index (χ4n) is 5.12. The van der Waals surface area contributed by atoms with Crippen LogP contribution in [0.25, 0.3) is 0 Å². The largest absolute Gasteiger partial charge is 0.147 e. The summed E-state index contributed by atoms with van der Waals surface area (Å²) in [6.45, 7) is 43.2. The molecular formula is C24H55ClN3Ti. The van der Waals surface area contributed by atoms with Crippen LogP contribution in [0.3, 0.4) is 0 Å². The summed E-state index contributed by atoms with van der Waals surface area (Å²) in [5.74, 6) is 0. The zero-order chi connectivity index (χ0) is 23.3. The maximum absolute atomic E-state index is 2.90. The van der Waals surface area contributed by atoms with Gasteiger partial charge in [0.25, 0.3) is 0 Å². The maximum Gasteiger partial charge on any atom is -0.147 e. The van der Waals surface area contributed by atoms with Crippen LogP contribution in [0.4, 0.5) is 0 Å². The second-order valence-electron chi connectivity index (χ2n) is 14.3. The van der Waals surface area contributed by atoms with E-state index in [0.717, 1.165) is 0 Å². The van der Waals surface area contributed by atoms with Gasteiger partial charge in [0, 0.05) is 0 Å². The number of hydrogen-bond acceptors (Lipinski definition) is 3. The molecule has 0 aromatic carbocycles. The Morgan fingerprint density at radius 1 is 0.310 bits per heavy atom. The van der Waals surface area contributed by atoms with E-state index in [9.17, 15) is 0 Å². The standard InChI is InChI=1S/3C8H18N.ClH.Ti/c3*1-7(2,3)9-8(4,5)6;;/h3*1-6H3;1H;/q3*-1;;+3. The van der Waals surface area contributed by atoms with Crippen LogP contribution < -0.4 is 0 Å². The van der Waals surface area contributed by atoms with Gasteiger partial charge in [-0.05, 0) is 0 Å². The van der Waals surface area contributed by atoms with Crippen molar-refractivity contribution in [3.63, 3.8) is 0 Å². The fourth-order valence-corrected chi connectivity index (χ4v) is 11.7.